The fourth-order valence-electron chi connectivity index (χ4n) is 12.4. The maximum absolute atomic E-state index is 13.0. The summed E-state index contributed by atoms with van der Waals surface area (Å²) in [6.07, 6.45) is 13.4. The summed E-state index contributed by atoms with van der Waals surface area (Å²) in [5.41, 5.74) is 1.06. The highest BCUT2D eigenvalue weighted by atomic mass is 16.6. The molecule has 9 atom stereocenters. The summed E-state index contributed by atoms with van der Waals surface area (Å²) >= 11 is 0. The molecule has 0 bridgehead atoms. The van der Waals surface area contributed by atoms with Gasteiger partial charge in [-0.15, -0.1) is 0 Å². The van der Waals surface area contributed by atoms with Crippen molar-refractivity contribution in [2.45, 2.75) is 136 Å². The van der Waals surface area contributed by atoms with Crippen molar-refractivity contribution in [2.75, 3.05) is 7.11 Å². The van der Waals surface area contributed by atoms with Crippen LogP contribution in [0.5, 0.6) is 0 Å². The molecule has 6 rings (SSSR count). The van der Waals surface area contributed by atoms with Crippen LogP contribution >= 0.6 is 0 Å². The first-order chi connectivity index (χ1) is 15.7. The van der Waals surface area contributed by atoms with Crippen LogP contribution in [0.4, 0.5) is 0 Å². The maximum Gasteiger partial charge on any atom is 0.138 e. The van der Waals surface area contributed by atoms with E-state index in [4.69, 9.17) is 9.47 Å². The molecule has 6 aliphatic rings. The van der Waals surface area contributed by atoms with Gasteiger partial charge in [0.15, 0.2) is 0 Å². The largest absolute Gasteiger partial charge is 0.381 e. The van der Waals surface area contributed by atoms with Crippen LogP contribution in [0.25, 0.3) is 0 Å². The van der Waals surface area contributed by atoms with Crippen LogP contribution in [0.15, 0.2) is 0 Å². The highest BCUT2D eigenvalue weighted by molar-refractivity contribution is 5.85. The van der Waals surface area contributed by atoms with E-state index in [0.717, 1.165) is 19.3 Å². The Bertz CT molecular complexity index is 906. The molecular weight excluding hydrogens is 420 g/mol. The van der Waals surface area contributed by atoms with Crippen LogP contribution in [0.2, 0.25) is 0 Å². The molecule has 1 aliphatic heterocycles. The third-order valence-electron chi connectivity index (χ3n) is 13.9. The number of ketones is 1. The summed E-state index contributed by atoms with van der Waals surface area (Å²) in [5.74, 6) is 2.42. The summed E-state index contributed by atoms with van der Waals surface area (Å²) in [4.78, 5) is 13.0. The molecule has 34 heavy (non-hydrogen) atoms. The molecule has 6 fully saturated rings. The highest BCUT2D eigenvalue weighted by Crippen LogP contribution is 2.80. The van der Waals surface area contributed by atoms with Gasteiger partial charge in [0, 0.05) is 24.4 Å². The van der Waals surface area contributed by atoms with Gasteiger partial charge < -0.3 is 9.47 Å². The van der Waals surface area contributed by atoms with Gasteiger partial charge >= 0.3 is 0 Å². The number of carbonyl (C=O) groups is 1. The van der Waals surface area contributed by atoms with Gasteiger partial charge in [-0.3, -0.25) is 4.79 Å². The second-order valence-corrected chi connectivity index (χ2v) is 15.7. The van der Waals surface area contributed by atoms with E-state index in [0.29, 0.717) is 35.1 Å². The van der Waals surface area contributed by atoms with Crippen molar-refractivity contribution < 1.29 is 14.3 Å². The molecule has 0 spiro atoms. The molecule has 0 amide bonds. The zero-order valence-electron chi connectivity index (χ0n) is 23.3. The number of methoxy groups -OCH3 is 1. The zero-order chi connectivity index (χ0) is 24.6. The number of ether oxygens (including phenoxy) is 2. The van der Waals surface area contributed by atoms with E-state index in [9.17, 15) is 4.79 Å². The summed E-state index contributed by atoms with van der Waals surface area (Å²) in [6, 6.07) is 0. The van der Waals surface area contributed by atoms with Crippen molar-refractivity contribution in [1.82, 2.24) is 0 Å². The van der Waals surface area contributed by atoms with Crippen molar-refractivity contribution >= 4 is 5.78 Å². The van der Waals surface area contributed by atoms with Crippen molar-refractivity contribution in [3.63, 3.8) is 0 Å². The molecule has 0 aromatic heterocycles. The van der Waals surface area contributed by atoms with Gasteiger partial charge in [-0.25, -0.2) is 0 Å². The van der Waals surface area contributed by atoms with Crippen LogP contribution < -0.4 is 0 Å². The molecule has 1 saturated heterocycles. The SMILES string of the molecule is CO[C@H]1CC[C@@]2(C)C(CC[C@@]34C[C@]5(C)CCC6C(C)(C)C(=O)CC[C@]6(C)C5CC[C@]32O4)C1(C)C. The number of Topliss-reactive ketones (excluding diaryl/α,β-unsaturated/α-hetero) is 1. The molecule has 1 heterocycles. The number of hydrogen-bond acceptors (Lipinski definition) is 3. The van der Waals surface area contributed by atoms with Gasteiger partial charge in [-0.2, -0.15) is 0 Å². The van der Waals surface area contributed by atoms with E-state index in [1.165, 1.54) is 51.4 Å². The van der Waals surface area contributed by atoms with Gasteiger partial charge in [0.1, 0.15) is 11.4 Å². The summed E-state index contributed by atoms with van der Waals surface area (Å²) in [5, 5.41) is 0. The average molecular weight is 471 g/mol. The predicted octanol–water partition coefficient (Wildman–Crippen LogP) is 7.36. The lowest BCUT2D eigenvalue weighted by molar-refractivity contribution is -0.163. The Morgan fingerprint density at radius 3 is 2.18 bits per heavy atom. The minimum absolute atomic E-state index is 0.0606. The zero-order valence-corrected chi connectivity index (χ0v) is 23.3. The molecule has 192 valence electrons. The van der Waals surface area contributed by atoms with Crippen molar-refractivity contribution in [1.29, 1.82) is 0 Å². The molecular formula is C31H50O3. The lowest BCUT2D eigenvalue weighted by Gasteiger charge is -2.62. The van der Waals surface area contributed by atoms with Gasteiger partial charge in [0.05, 0.1) is 11.7 Å². The maximum atomic E-state index is 13.0. The topological polar surface area (TPSA) is 38.8 Å². The molecule has 0 N–H and O–H groups in total. The molecule has 3 heteroatoms. The smallest absolute Gasteiger partial charge is 0.138 e. The van der Waals surface area contributed by atoms with Crippen LogP contribution in [0.3, 0.4) is 0 Å². The first-order valence-electron chi connectivity index (χ1n) is 14.5. The quantitative estimate of drug-likeness (QED) is 0.376. The van der Waals surface area contributed by atoms with Gasteiger partial charge in [0.2, 0.25) is 0 Å². The molecule has 0 aromatic rings. The van der Waals surface area contributed by atoms with Crippen LogP contribution in [-0.4, -0.2) is 30.2 Å². The van der Waals surface area contributed by atoms with Crippen LogP contribution in [0, 0.1) is 44.8 Å². The number of rotatable bonds is 1. The number of fused-ring (bicyclic) bond motifs is 4. The molecule has 0 radical (unpaired) electrons. The summed E-state index contributed by atoms with van der Waals surface area (Å²) in [7, 11) is 1.92. The Balaban J connectivity index is 1.38. The lowest BCUT2D eigenvalue weighted by Crippen LogP contribution is -2.60. The number of epoxide rings is 1. The molecule has 3 nitrogen and oxygen atoms in total. The van der Waals surface area contributed by atoms with E-state index >= 15 is 0 Å². The number of carbonyl (C=O) groups excluding carboxylic acids is 1. The normalized spacial score (nSPS) is 57.2. The molecule has 0 aromatic carbocycles. The summed E-state index contributed by atoms with van der Waals surface area (Å²) < 4.78 is 13.2. The standard InChI is InChI=1S/C31H50O3/c1-25(2)20-9-14-27(5)19-30-17-10-21-26(3,4)24(33-8)13-16-29(21,7)31(30,34-30)18-11-22(27)28(20,6)15-12-23(25)32/h20-22,24H,9-19H2,1-8H3/t20?,21?,22?,24-,27-,28-,29-,30+,31+/m0/s1. The monoisotopic (exact) mass is 470 g/mol. The van der Waals surface area contributed by atoms with E-state index in [1.54, 1.807) is 0 Å². The second-order valence-electron chi connectivity index (χ2n) is 15.7. The van der Waals surface area contributed by atoms with E-state index < -0.39 is 0 Å². The third kappa shape index (κ3) is 2.55. The Labute approximate surface area is 208 Å². The lowest BCUT2D eigenvalue weighted by atomic mass is 9.42. The highest BCUT2D eigenvalue weighted by Gasteiger charge is 2.83. The molecule has 5 aliphatic carbocycles. The predicted molar refractivity (Wildman–Crippen MR) is 135 cm³/mol. The van der Waals surface area contributed by atoms with Gasteiger partial charge in [-0.1, -0.05) is 48.5 Å². The van der Waals surface area contributed by atoms with Crippen LogP contribution in [0.1, 0.15) is 119 Å². The van der Waals surface area contributed by atoms with Crippen LogP contribution in [-0.2, 0) is 14.3 Å². The fraction of sp³-hybridized carbons (Fsp3) is 0.968. The van der Waals surface area contributed by atoms with E-state index in [1.807, 2.05) is 7.11 Å². The Morgan fingerprint density at radius 1 is 0.794 bits per heavy atom. The van der Waals surface area contributed by atoms with Crippen molar-refractivity contribution in [3.8, 4) is 0 Å². The van der Waals surface area contributed by atoms with Gasteiger partial charge in [0.25, 0.3) is 0 Å². The Morgan fingerprint density at radius 2 is 1.47 bits per heavy atom. The Kier molecular flexibility index (Phi) is 4.73. The van der Waals surface area contributed by atoms with Crippen molar-refractivity contribution in [3.05, 3.63) is 0 Å². The minimum Gasteiger partial charge on any atom is -0.381 e. The molecule has 3 unspecified atom stereocenters. The first kappa shape index (κ1) is 24.0. The second kappa shape index (κ2) is 6.72. The average Bonchev–Trinajstić information content (AvgIpc) is 3.41. The minimum atomic E-state index is -0.164. The molecule has 5 saturated carbocycles. The van der Waals surface area contributed by atoms with E-state index in [-0.39, 0.29) is 32.9 Å². The summed E-state index contributed by atoms with van der Waals surface area (Å²) in [6.45, 7) is 17.3. The third-order valence-corrected chi connectivity index (χ3v) is 13.9. The fourth-order valence-corrected chi connectivity index (χ4v) is 12.4. The first-order valence-corrected chi connectivity index (χ1v) is 14.5. The van der Waals surface area contributed by atoms with Gasteiger partial charge in [-0.05, 0) is 98.2 Å². The van der Waals surface area contributed by atoms with E-state index in [2.05, 4.69) is 48.5 Å². The Hall–Kier alpha value is -0.410. The van der Waals surface area contributed by atoms with Crippen molar-refractivity contribution in [2.24, 2.45) is 44.8 Å². The number of hydrogen-bond donors (Lipinski definition) is 0.